The van der Waals surface area contributed by atoms with Gasteiger partial charge >= 0.3 is 0 Å². The Morgan fingerprint density at radius 2 is 1.97 bits per heavy atom. The zero-order chi connectivity index (χ0) is 21.3. The summed E-state index contributed by atoms with van der Waals surface area (Å²) in [6, 6.07) is 12.3. The van der Waals surface area contributed by atoms with Gasteiger partial charge in [0, 0.05) is 13.1 Å². The summed E-state index contributed by atoms with van der Waals surface area (Å²) in [6.45, 7) is 3.32. The highest BCUT2D eigenvalue weighted by Gasteiger charge is 2.36. The van der Waals surface area contributed by atoms with Gasteiger partial charge in [-0.05, 0) is 55.7 Å². The van der Waals surface area contributed by atoms with Crippen molar-refractivity contribution < 1.29 is 22.7 Å². The molecule has 1 fully saturated rings. The fraction of sp³-hybridized carbons (Fsp3) is 0.409. The van der Waals surface area contributed by atoms with Crippen LogP contribution in [0.3, 0.4) is 0 Å². The van der Waals surface area contributed by atoms with Crippen molar-refractivity contribution in [1.82, 2.24) is 4.31 Å². The topological polar surface area (TPSA) is 76.2 Å². The fourth-order valence-corrected chi connectivity index (χ4v) is 5.75. The first kappa shape index (κ1) is 20.7. The molecular formula is C22H26N2O5S. The molecule has 0 radical (unpaired) electrons. The summed E-state index contributed by atoms with van der Waals surface area (Å²) in [5.41, 5.74) is 1.51. The maximum Gasteiger partial charge on any atom is 0.243 e. The zero-order valence-electron chi connectivity index (χ0n) is 17.2. The molecule has 30 heavy (non-hydrogen) atoms. The molecule has 2 aliphatic rings. The van der Waals surface area contributed by atoms with Crippen molar-refractivity contribution >= 4 is 21.6 Å². The summed E-state index contributed by atoms with van der Waals surface area (Å²) < 4.78 is 38.8. The number of hydrogen-bond acceptors (Lipinski definition) is 5. The number of piperidine rings is 1. The number of ether oxygens (including phenoxy) is 2. The average Bonchev–Trinajstić information content (AvgIpc) is 2.78. The normalized spacial score (nSPS) is 19.7. The van der Waals surface area contributed by atoms with Crippen LogP contribution < -0.4 is 14.4 Å². The van der Waals surface area contributed by atoms with Crippen LogP contribution in [0.1, 0.15) is 18.4 Å². The van der Waals surface area contributed by atoms with Crippen molar-refractivity contribution in [2.45, 2.75) is 24.7 Å². The van der Waals surface area contributed by atoms with Gasteiger partial charge in [0.15, 0.2) is 0 Å². The number of anilines is 1. The second-order valence-electron chi connectivity index (χ2n) is 7.64. The number of rotatable bonds is 4. The van der Waals surface area contributed by atoms with Crippen molar-refractivity contribution in [1.29, 1.82) is 0 Å². The van der Waals surface area contributed by atoms with Crippen LogP contribution in [0, 0.1) is 12.8 Å². The SMILES string of the molecule is COc1ccc(S(=O)(=O)N2CCC[C@H](C(=O)N3CCOc4ccccc43)C2)cc1C. The van der Waals surface area contributed by atoms with Crippen molar-refractivity contribution in [3.05, 3.63) is 48.0 Å². The third-order valence-electron chi connectivity index (χ3n) is 5.73. The summed E-state index contributed by atoms with van der Waals surface area (Å²) in [6.07, 6.45) is 1.32. The number of para-hydroxylation sites is 2. The molecule has 2 heterocycles. The van der Waals surface area contributed by atoms with Crippen molar-refractivity contribution in [2.75, 3.05) is 38.3 Å². The molecule has 2 aliphatic heterocycles. The molecule has 0 N–H and O–H groups in total. The molecule has 2 aromatic rings. The van der Waals surface area contributed by atoms with Crippen molar-refractivity contribution in [3.63, 3.8) is 0 Å². The summed E-state index contributed by atoms with van der Waals surface area (Å²) in [5, 5.41) is 0. The van der Waals surface area contributed by atoms with Gasteiger partial charge in [0.25, 0.3) is 0 Å². The van der Waals surface area contributed by atoms with Gasteiger partial charge in [-0.15, -0.1) is 0 Å². The standard InChI is InChI=1S/C22H26N2O5S/c1-16-14-18(9-10-20(16)28-2)30(26,27)23-11-5-6-17(15-23)22(25)24-12-13-29-21-8-4-3-7-19(21)24/h3-4,7-10,14,17H,5-6,11-13,15H2,1-2H3/t17-/m0/s1. The minimum absolute atomic E-state index is 0.0449. The Hall–Kier alpha value is -2.58. The van der Waals surface area contributed by atoms with E-state index in [9.17, 15) is 13.2 Å². The molecular weight excluding hydrogens is 404 g/mol. The molecule has 0 aromatic heterocycles. The van der Waals surface area contributed by atoms with Crippen LogP contribution in [-0.4, -0.2) is 52.0 Å². The average molecular weight is 431 g/mol. The van der Waals surface area contributed by atoms with Gasteiger partial charge in [0.2, 0.25) is 15.9 Å². The molecule has 0 saturated carbocycles. The van der Waals surface area contributed by atoms with E-state index < -0.39 is 10.0 Å². The molecule has 0 spiro atoms. The Morgan fingerprint density at radius 1 is 1.17 bits per heavy atom. The second-order valence-corrected chi connectivity index (χ2v) is 9.58. The number of carbonyl (C=O) groups is 1. The number of aryl methyl sites for hydroxylation is 1. The predicted octanol–water partition coefficient (Wildman–Crippen LogP) is 2.83. The van der Waals surface area contributed by atoms with Gasteiger partial charge in [0.05, 0.1) is 30.2 Å². The molecule has 0 aliphatic carbocycles. The van der Waals surface area contributed by atoms with Crippen molar-refractivity contribution in [2.24, 2.45) is 5.92 Å². The number of nitrogens with zero attached hydrogens (tertiary/aromatic N) is 2. The van der Waals surface area contributed by atoms with E-state index in [1.807, 2.05) is 31.2 Å². The molecule has 8 heteroatoms. The first-order chi connectivity index (χ1) is 14.4. The van der Waals surface area contributed by atoms with Crippen LogP contribution in [0.4, 0.5) is 5.69 Å². The second kappa shape index (κ2) is 8.28. The summed E-state index contributed by atoms with van der Waals surface area (Å²) >= 11 is 0. The molecule has 1 amide bonds. The number of hydrogen-bond donors (Lipinski definition) is 0. The smallest absolute Gasteiger partial charge is 0.243 e. The van der Waals surface area contributed by atoms with Gasteiger partial charge in [-0.2, -0.15) is 4.31 Å². The van der Waals surface area contributed by atoms with E-state index in [0.29, 0.717) is 44.0 Å². The maximum absolute atomic E-state index is 13.3. The van der Waals surface area contributed by atoms with Gasteiger partial charge in [-0.3, -0.25) is 4.79 Å². The lowest BCUT2D eigenvalue weighted by Gasteiger charge is -2.36. The van der Waals surface area contributed by atoms with Crippen LogP contribution >= 0.6 is 0 Å². The van der Waals surface area contributed by atoms with E-state index in [-0.39, 0.29) is 23.3 Å². The van der Waals surface area contributed by atoms with Gasteiger partial charge in [-0.25, -0.2) is 8.42 Å². The summed E-state index contributed by atoms with van der Waals surface area (Å²) in [5.74, 6) is 0.910. The van der Waals surface area contributed by atoms with E-state index in [1.165, 1.54) is 4.31 Å². The molecule has 160 valence electrons. The Balaban J connectivity index is 1.55. The third-order valence-corrected chi connectivity index (χ3v) is 7.59. The Morgan fingerprint density at radius 3 is 2.73 bits per heavy atom. The van der Waals surface area contributed by atoms with E-state index in [4.69, 9.17) is 9.47 Å². The van der Waals surface area contributed by atoms with Crippen LogP contribution in [0.25, 0.3) is 0 Å². The molecule has 7 nitrogen and oxygen atoms in total. The Bertz CT molecular complexity index is 1050. The van der Waals surface area contributed by atoms with Crippen LogP contribution in [0.2, 0.25) is 0 Å². The van der Waals surface area contributed by atoms with E-state index in [1.54, 1.807) is 30.2 Å². The number of sulfonamides is 1. The first-order valence-corrected chi connectivity index (χ1v) is 11.5. The lowest BCUT2D eigenvalue weighted by Crippen LogP contribution is -2.48. The molecule has 0 unspecified atom stereocenters. The molecule has 2 aromatic carbocycles. The van der Waals surface area contributed by atoms with E-state index in [0.717, 1.165) is 11.3 Å². The Kier molecular flexibility index (Phi) is 5.71. The van der Waals surface area contributed by atoms with Crippen LogP contribution in [0.15, 0.2) is 47.4 Å². The molecule has 4 rings (SSSR count). The number of amides is 1. The summed E-state index contributed by atoms with van der Waals surface area (Å²) in [7, 11) is -2.13. The number of methoxy groups -OCH3 is 1. The minimum Gasteiger partial charge on any atom is -0.496 e. The molecule has 1 atom stereocenters. The molecule has 1 saturated heterocycles. The van der Waals surface area contributed by atoms with E-state index >= 15 is 0 Å². The predicted molar refractivity (Wildman–Crippen MR) is 114 cm³/mol. The fourth-order valence-electron chi connectivity index (χ4n) is 4.14. The van der Waals surface area contributed by atoms with Gasteiger partial charge in [-0.1, -0.05) is 12.1 Å². The molecule has 0 bridgehead atoms. The van der Waals surface area contributed by atoms with Crippen LogP contribution in [0.5, 0.6) is 11.5 Å². The van der Waals surface area contributed by atoms with Gasteiger partial charge < -0.3 is 14.4 Å². The number of carbonyl (C=O) groups excluding carboxylic acids is 1. The minimum atomic E-state index is -3.68. The summed E-state index contributed by atoms with van der Waals surface area (Å²) in [4.78, 5) is 15.3. The number of fused-ring (bicyclic) bond motifs is 1. The largest absolute Gasteiger partial charge is 0.496 e. The third kappa shape index (κ3) is 3.77. The van der Waals surface area contributed by atoms with Gasteiger partial charge in [0.1, 0.15) is 18.1 Å². The van der Waals surface area contributed by atoms with E-state index in [2.05, 4.69) is 0 Å². The number of benzene rings is 2. The van der Waals surface area contributed by atoms with Crippen LogP contribution in [-0.2, 0) is 14.8 Å². The highest BCUT2D eigenvalue weighted by atomic mass is 32.2. The highest BCUT2D eigenvalue weighted by molar-refractivity contribution is 7.89. The Labute approximate surface area is 177 Å². The maximum atomic E-state index is 13.3. The lowest BCUT2D eigenvalue weighted by molar-refractivity contribution is -0.123. The quantitative estimate of drug-likeness (QED) is 0.746. The lowest BCUT2D eigenvalue weighted by atomic mass is 9.97. The zero-order valence-corrected chi connectivity index (χ0v) is 18.0. The monoisotopic (exact) mass is 430 g/mol. The van der Waals surface area contributed by atoms with Crippen molar-refractivity contribution in [3.8, 4) is 11.5 Å². The highest BCUT2D eigenvalue weighted by Crippen LogP contribution is 2.34. The first-order valence-electron chi connectivity index (χ1n) is 10.1.